The maximum absolute atomic E-state index is 10.8. The second-order valence-corrected chi connectivity index (χ2v) is 4.82. The van der Waals surface area contributed by atoms with Gasteiger partial charge in [0, 0.05) is 11.2 Å². The van der Waals surface area contributed by atoms with Crippen molar-refractivity contribution in [3.63, 3.8) is 0 Å². The number of hydrogen-bond donors (Lipinski definition) is 3. The lowest BCUT2D eigenvalue weighted by molar-refractivity contribution is 0.0696. The van der Waals surface area contributed by atoms with E-state index < -0.39 is 5.97 Å². The molecule has 0 bridgehead atoms. The highest BCUT2D eigenvalue weighted by atomic mass is 35.5. The molecule has 104 valence electrons. The average Bonchev–Trinajstić information content (AvgIpc) is 2.40. The number of carboxylic acids is 1. The molecule has 0 aliphatic carbocycles. The molecule has 5 nitrogen and oxygen atoms in total. The lowest BCUT2D eigenvalue weighted by Gasteiger charge is -2.16. The number of rotatable bonds is 4. The number of carboxylic acid groups (broad SMARTS) is 1. The van der Waals surface area contributed by atoms with E-state index in [1.807, 2.05) is 25.1 Å². The normalized spacial score (nSPS) is 11.9. The van der Waals surface area contributed by atoms with E-state index >= 15 is 0 Å². The maximum atomic E-state index is 10.8. The van der Waals surface area contributed by atoms with Crippen LogP contribution in [0.4, 0.5) is 11.5 Å². The largest absolute Gasteiger partial charge is 0.478 e. The van der Waals surface area contributed by atoms with Gasteiger partial charge < -0.3 is 16.2 Å². The molecule has 2 aromatic rings. The molecule has 1 aromatic carbocycles. The van der Waals surface area contributed by atoms with E-state index in [0.717, 1.165) is 5.56 Å². The molecule has 0 fully saturated rings. The van der Waals surface area contributed by atoms with Crippen molar-refractivity contribution in [1.29, 1.82) is 0 Å². The molecule has 0 saturated heterocycles. The second kappa shape index (κ2) is 5.79. The molecular formula is C14H14ClN3O2. The van der Waals surface area contributed by atoms with E-state index in [1.54, 1.807) is 6.07 Å². The van der Waals surface area contributed by atoms with E-state index in [4.69, 9.17) is 22.4 Å². The van der Waals surface area contributed by atoms with Crippen molar-refractivity contribution in [3.05, 3.63) is 52.7 Å². The monoisotopic (exact) mass is 291 g/mol. The topological polar surface area (TPSA) is 88.2 Å². The van der Waals surface area contributed by atoms with Crippen LogP contribution in [-0.2, 0) is 0 Å². The molecule has 0 aliphatic rings. The molecule has 0 aliphatic heterocycles. The number of nitrogens with two attached hydrogens (primary N) is 1. The number of carbonyl (C=O) groups is 1. The van der Waals surface area contributed by atoms with Crippen LogP contribution in [0.5, 0.6) is 0 Å². The van der Waals surface area contributed by atoms with E-state index in [1.165, 1.54) is 12.3 Å². The van der Waals surface area contributed by atoms with Crippen LogP contribution in [-0.4, -0.2) is 16.1 Å². The fourth-order valence-corrected chi connectivity index (χ4v) is 1.98. The molecule has 0 radical (unpaired) electrons. The Balaban J connectivity index is 2.19. The Morgan fingerprint density at radius 2 is 2.20 bits per heavy atom. The number of halogens is 1. The number of benzene rings is 1. The Morgan fingerprint density at radius 1 is 1.45 bits per heavy atom. The van der Waals surface area contributed by atoms with Crippen molar-refractivity contribution < 1.29 is 9.90 Å². The third-order valence-electron chi connectivity index (χ3n) is 2.87. The molecule has 2 rings (SSSR count). The van der Waals surface area contributed by atoms with Crippen molar-refractivity contribution in [2.45, 2.75) is 13.0 Å². The van der Waals surface area contributed by atoms with Crippen molar-refractivity contribution in [2.75, 3.05) is 11.1 Å². The van der Waals surface area contributed by atoms with Gasteiger partial charge in [-0.2, -0.15) is 0 Å². The lowest BCUT2D eigenvalue weighted by atomic mass is 10.1. The molecule has 0 spiro atoms. The number of aromatic carboxylic acids is 1. The Bertz CT molecular complexity index is 646. The minimum absolute atomic E-state index is 0.0563. The summed E-state index contributed by atoms with van der Waals surface area (Å²) in [4.78, 5) is 14.9. The number of pyridine rings is 1. The zero-order chi connectivity index (χ0) is 14.7. The molecule has 1 aromatic heterocycles. The van der Waals surface area contributed by atoms with E-state index in [0.29, 0.717) is 16.5 Å². The van der Waals surface area contributed by atoms with Gasteiger partial charge in [0.1, 0.15) is 5.82 Å². The third-order valence-corrected chi connectivity index (χ3v) is 3.10. The summed E-state index contributed by atoms with van der Waals surface area (Å²) in [5, 5.41) is 12.6. The van der Waals surface area contributed by atoms with Gasteiger partial charge in [-0.3, -0.25) is 0 Å². The number of hydrogen-bond acceptors (Lipinski definition) is 4. The number of nitrogens with zero attached hydrogens (tertiary/aromatic N) is 1. The molecule has 6 heteroatoms. The van der Waals surface area contributed by atoms with Crippen LogP contribution in [0.2, 0.25) is 5.02 Å². The highest BCUT2D eigenvalue weighted by Gasteiger charge is 2.11. The van der Waals surface area contributed by atoms with Crippen molar-refractivity contribution in [3.8, 4) is 0 Å². The van der Waals surface area contributed by atoms with Gasteiger partial charge in [0.25, 0.3) is 0 Å². The summed E-state index contributed by atoms with van der Waals surface area (Å²) in [6, 6.07) is 8.76. The summed E-state index contributed by atoms with van der Waals surface area (Å²) >= 11 is 5.95. The summed E-state index contributed by atoms with van der Waals surface area (Å²) < 4.78 is 0. The van der Waals surface area contributed by atoms with Gasteiger partial charge in [0.05, 0.1) is 17.3 Å². The van der Waals surface area contributed by atoms with Crippen LogP contribution < -0.4 is 11.1 Å². The molecule has 0 saturated carbocycles. The Morgan fingerprint density at radius 3 is 2.80 bits per heavy atom. The van der Waals surface area contributed by atoms with Gasteiger partial charge in [-0.15, -0.1) is 0 Å². The van der Waals surface area contributed by atoms with Crippen LogP contribution in [0.25, 0.3) is 0 Å². The average molecular weight is 292 g/mol. The Labute approximate surface area is 121 Å². The first-order chi connectivity index (χ1) is 9.47. The zero-order valence-corrected chi connectivity index (χ0v) is 11.6. The third kappa shape index (κ3) is 3.19. The molecule has 1 unspecified atom stereocenters. The van der Waals surface area contributed by atoms with E-state index in [9.17, 15) is 4.79 Å². The SMILES string of the molecule is CC(Nc1ncc(C(=O)O)cc1N)c1cccc(Cl)c1. The molecule has 4 N–H and O–H groups in total. The summed E-state index contributed by atoms with van der Waals surface area (Å²) in [6.45, 7) is 1.94. The first-order valence-electron chi connectivity index (χ1n) is 5.98. The highest BCUT2D eigenvalue weighted by Crippen LogP contribution is 2.24. The van der Waals surface area contributed by atoms with Gasteiger partial charge in [-0.25, -0.2) is 9.78 Å². The quantitative estimate of drug-likeness (QED) is 0.805. The summed E-state index contributed by atoms with van der Waals surface area (Å²) in [6.07, 6.45) is 1.27. The molecule has 1 heterocycles. The van der Waals surface area contributed by atoms with Crippen molar-refractivity contribution in [2.24, 2.45) is 0 Å². The first-order valence-corrected chi connectivity index (χ1v) is 6.36. The zero-order valence-electron chi connectivity index (χ0n) is 10.8. The minimum Gasteiger partial charge on any atom is -0.478 e. The van der Waals surface area contributed by atoms with Gasteiger partial charge >= 0.3 is 5.97 Å². The van der Waals surface area contributed by atoms with Gasteiger partial charge in [-0.1, -0.05) is 23.7 Å². The first kappa shape index (κ1) is 14.1. The number of nitrogens with one attached hydrogen (secondary N) is 1. The van der Waals surface area contributed by atoms with Gasteiger partial charge in [0.15, 0.2) is 0 Å². The van der Waals surface area contributed by atoms with Gasteiger partial charge in [-0.05, 0) is 30.7 Å². The standard InChI is InChI=1S/C14H14ClN3O2/c1-8(9-3-2-4-11(15)5-9)18-13-12(16)6-10(7-17-13)14(19)20/h2-8H,16H2,1H3,(H,17,18)(H,19,20). The molecule has 1 atom stereocenters. The Hall–Kier alpha value is -2.27. The Kier molecular flexibility index (Phi) is 4.10. The molecule has 20 heavy (non-hydrogen) atoms. The fourth-order valence-electron chi connectivity index (χ4n) is 1.78. The number of aromatic nitrogens is 1. The fraction of sp³-hybridized carbons (Fsp3) is 0.143. The molecular weight excluding hydrogens is 278 g/mol. The van der Waals surface area contributed by atoms with Gasteiger partial charge in [0.2, 0.25) is 0 Å². The second-order valence-electron chi connectivity index (χ2n) is 4.39. The predicted molar refractivity (Wildman–Crippen MR) is 79.1 cm³/mol. The van der Waals surface area contributed by atoms with Crippen LogP contribution in [0.3, 0.4) is 0 Å². The molecule has 0 amide bonds. The smallest absolute Gasteiger partial charge is 0.337 e. The predicted octanol–water partition coefficient (Wildman–Crippen LogP) is 3.19. The number of nitrogen functional groups attached to an aromatic ring is 1. The van der Waals surface area contributed by atoms with E-state index in [2.05, 4.69) is 10.3 Å². The van der Waals surface area contributed by atoms with Crippen molar-refractivity contribution >= 4 is 29.1 Å². The maximum Gasteiger partial charge on any atom is 0.337 e. The summed E-state index contributed by atoms with van der Waals surface area (Å²) in [5.74, 6) is -0.610. The van der Waals surface area contributed by atoms with E-state index in [-0.39, 0.29) is 11.6 Å². The van der Waals surface area contributed by atoms with Crippen molar-refractivity contribution in [1.82, 2.24) is 4.98 Å². The minimum atomic E-state index is -1.06. The highest BCUT2D eigenvalue weighted by molar-refractivity contribution is 6.30. The lowest BCUT2D eigenvalue weighted by Crippen LogP contribution is -2.11. The number of anilines is 2. The van der Waals surface area contributed by atoms with Crippen LogP contribution in [0, 0.1) is 0 Å². The summed E-state index contributed by atoms with van der Waals surface area (Å²) in [7, 11) is 0. The van der Waals surface area contributed by atoms with Crippen LogP contribution in [0.15, 0.2) is 36.5 Å². The summed E-state index contributed by atoms with van der Waals surface area (Å²) in [5.41, 5.74) is 7.14. The van der Waals surface area contributed by atoms with Crippen LogP contribution >= 0.6 is 11.6 Å². The van der Waals surface area contributed by atoms with Crippen LogP contribution in [0.1, 0.15) is 28.9 Å².